The van der Waals surface area contributed by atoms with Gasteiger partial charge in [0.1, 0.15) is 5.82 Å². The van der Waals surface area contributed by atoms with Crippen molar-refractivity contribution >= 4 is 5.69 Å². The average molecular weight is 383 g/mol. The van der Waals surface area contributed by atoms with Crippen LogP contribution in [0.25, 0.3) is 0 Å². The van der Waals surface area contributed by atoms with E-state index in [0.717, 1.165) is 54.7 Å². The number of hydrogen-bond donors (Lipinski definition) is 1. The van der Waals surface area contributed by atoms with Crippen molar-refractivity contribution < 1.29 is 9.13 Å². The van der Waals surface area contributed by atoms with Crippen molar-refractivity contribution in [2.24, 2.45) is 17.8 Å². The zero-order chi connectivity index (χ0) is 19.7. The zero-order valence-electron chi connectivity index (χ0n) is 16.9. The van der Waals surface area contributed by atoms with Crippen molar-refractivity contribution in [1.82, 2.24) is 4.90 Å². The van der Waals surface area contributed by atoms with Crippen LogP contribution in [-0.2, 0) is 11.2 Å². The van der Waals surface area contributed by atoms with Gasteiger partial charge < -0.3 is 10.5 Å². The fourth-order valence-corrected chi connectivity index (χ4v) is 5.20. The van der Waals surface area contributed by atoms with Crippen LogP contribution in [0.3, 0.4) is 0 Å². The van der Waals surface area contributed by atoms with Crippen LogP contribution < -0.4 is 5.73 Å². The quantitative estimate of drug-likeness (QED) is 0.742. The van der Waals surface area contributed by atoms with Gasteiger partial charge in [-0.25, -0.2) is 4.39 Å². The highest BCUT2D eigenvalue weighted by Gasteiger charge is 2.41. The monoisotopic (exact) mass is 382 g/mol. The summed E-state index contributed by atoms with van der Waals surface area (Å²) in [7, 11) is 1.79. The van der Waals surface area contributed by atoms with Gasteiger partial charge in [-0.15, -0.1) is 0 Å². The van der Waals surface area contributed by atoms with Crippen LogP contribution in [-0.4, -0.2) is 31.6 Å². The second-order valence-electron chi connectivity index (χ2n) is 8.75. The molecule has 0 aromatic heterocycles. The second kappa shape index (κ2) is 8.22. The number of halogens is 1. The molecule has 0 bridgehead atoms. The lowest BCUT2D eigenvalue weighted by Gasteiger charge is -2.24. The summed E-state index contributed by atoms with van der Waals surface area (Å²) < 4.78 is 19.6. The molecule has 2 aromatic carbocycles. The van der Waals surface area contributed by atoms with Gasteiger partial charge in [-0.2, -0.15) is 0 Å². The number of rotatable bonds is 6. The Balaban J connectivity index is 1.31. The fraction of sp³-hybridized carbons (Fsp3) is 0.500. The highest BCUT2D eigenvalue weighted by molar-refractivity contribution is 5.40. The van der Waals surface area contributed by atoms with E-state index in [1.807, 2.05) is 25.1 Å². The summed E-state index contributed by atoms with van der Waals surface area (Å²) in [4.78, 5) is 2.56. The lowest BCUT2D eigenvalue weighted by atomic mass is 9.95. The SMILES string of the molecule is CO[C@@H](CN1CC2CC(Cc3ccc(C)c(F)c3)CC2C1)c1ccc(N)cc1. The Hall–Kier alpha value is -1.91. The molecule has 1 saturated carbocycles. The third-order valence-electron chi connectivity index (χ3n) is 6.70. The van der Waals surface area contributed by atoms with Crippen LogP contribution in [0.4, 0.5) is 10.1 Å². The number of ether oxygens (including phenoxy) is 1. The second-order valence-corrected chi connectivity index (χ2v) is 8.75. The van der Waals surface area contributed by atoms with Gasteiger partial charge in [-0.05, 0) is 78.8 Å². The van der Waals surface area contributed by atoms with E-state index in [9.17, 15) is 4.39 Å². The molecule has 3 atom stereocenters. The van der Waals surface area contributed by atoms with E-state index in [0.29, 0.717) is 5.92 Å². The van der Waals surface area contributed by atoms with E-state index in [4.69, 9.17) is 10.5 Å². The number of anilines is 1. The molecule has 0 spiro atoms. The Morgan fingerprint density at radius 2 is 1.79 bits per heavy atom. The normalized spacial score (nSPS) is 25.8. The van der Waals surface area contributed by atoms with Crippen molar-refractivity contribution in [2.75, 3.05) is 32.5 Å². The van der Waals surface area contributed by atoms with Crippen molar-refractivity contribution in [3.05, 3.63) is 65.0 Å². The summed E-state index contributed by atoms with van der Waals surface area (Å²) in [6.45, 7) is 5.06. The first-order valence-electron chi connectivity index (χ1n) is 10.4. The molecule has 4 rings (SSSR count). The number of hydrogen-bond acceptors (Lipinski definition) is 3. The van der Waals surface area contributed by atoms with Crippen LogP contribution in [0.15, 0.2) is 42.5 Å². The fourth-order valence-electron chi connectivity index (χ4n) is 5.20. The average Bonchev–Trinajstić information content (AvgIpc) is 3.21. The van der Waals surface area contributed by atoms with Gasteiger partial charge in [0.15, 0.2) is 0 Å². The number of likely N-dealkylation sites (tertiary alicyclic amines) is 1. The van der Waals surface area contributed by atoms with Gasteiger partial charge in [0, 0.05) is 32.4 Å². The van der Waals surface area contributed by atoms with Crippen molar-refractivity contribution in [3.63, 3.8) is 0 Å². The predicted molar refractivity (Wildman–Crippen MR) is 112 cm³/mol. The van der Waals surface area contributed by atoms with Gasteiger partial charge in [0.25, 0.3) is 0 Å². The van der Waals surface area contributed by atoms with E-state index >= 15 is 0 Å². The number of aryl methyl sites for hydroxylation is 1. The molecule has 2 unspecified atom stereocenters. The minimum Gasteiger partial charge on any atom is -0.399 e. The number of nitrogens with zero attached hydrogens (tertiary/aromatic N) is 1. The molecule has 4 heteroatoms. The third-order valence-corrected chi connectivity index (χ3v) is 6.70. The topological polar surface area (TPSA) is 38.5 Å². The first-order valence-corrected chi connectivity index (χ1v) is 10.4. The Morgan fingerprint density at radius 3 is 2.39 bits per heavy atom. The summed E-state index contributed by atoms with van der Waals surface area (Å²) >= 11 is 0. The number of methoxy groups -OCH3 is 1. The van der Waals surface area contributed by atoms with Crippen LogP contribution in [0.1, 0.15) is 35.6 Å². The molecule has 0 amide bonds. The number of nitrogens with two attached hydrogens (primary N) is 1. The molecule has 1 heterocycles. The Morgan fingerprint density at radius 1 is 1.11 bits per heavy atom. The molecule has 1 aliphatic carbocycles. The van der Waals surface area contributed by atoms with Gasteiger partial charge >= 0.3 is 0 Å². The zero-order valence-corrected chi connectivity index (χ0v) is 16.9. The molecular formula is C24H31FN2O. The van der Waals surface area contributed by atoms with Crippen molar-refractivity contribution in [2.45, 2.75) is 32.3 Å². The van der Waals surface area contributed by atoms with Gasteiger partial charge in [0.05, 0.1) is 6.10 Å². The Labute approximate surface area is 167 Å². The van der Waals surface area contributed by atoms with Crippen molar-refractivity contribution in [1.29, 1.82) is 0 Å². The molecule has 2 aromatic rings. The summed E-state index contributed by atoms with van der Waals surface area (Å²) in [6.07, 6.45) is 3.62. The van der Waals surface area contributed by atoms with Crippen molar-refractivity contribution in [3.8, 4) is 0 Å². The largest absolute Gasteiger partial charge is 0.399 e. The molecule has 2 fully saturated rings. The van der Waals surface area contributed by atoms with Crippen LogP contribution in [0.5, 0.6) is 0 Å². The maximum absolute atomic E-state index is 13.8. The summed E-state index contributed by atoms with van der Waals surface area (Å²) in [5, 5.41) is 0. The minimum absolute atomic E-state index is 0.0739. The number of benzene rings is 2. The molecule has 3 nitrogen and oxygen atoms in total. The van der Waals surface area contributed by atoms with E-state index in [2.05, 4.69) is 23.1 Å². The van der Waals surface area contributed by atoms with Crippen LogP contribution in [0.2, 0.25) is 0 Å². The third kappa shape index (κ3) is 4.23. The standard InChI is InChI=1S/C24H31FN2O/c1-16-3-4-17(12-23(16)25)9-18-10-20-13-27(14-21(20)11-18)15-24(28-2)19-5-7-22(26)8-6-19/h3-8,12,18,20-21,24H,9-11,13-15,26H2,1-2H3/t18?,20?,21?,24-/m0/s1. The molecule has 150 valence electrons. The highest BCUT2D eigenvalue weighted by atomic mass is 19.1. The van der Waals surface area contributed by atoms with Gasteiger partial charge in [0.2, 0.25) is 0 Å². The first kappa shape index (κ1) is 19.4. The van der Waals surface area contributed by atoms with Gasteiger partial charge in [-0.1, -0.05) is 24.3 Å². The molecule has 2 aliphatic rings. The van der Waals surface area contributed by atoms with E-state index in [1.54, 1.807) is 13.2 Å². The Bertz CT molecular complexity index is 793. The maximum atomic E-state index is 13.8. The predicted octanol–water partition coefficient (Wildman–Crippen LogP) is 4.60. The molecular weight excluding hydrogens is 351 g/mol. The molecule has 1 saturated heterocycles. The molecule has 1 aliphatic heterocycles. The number of nitrogen functional groups attached to an aromatic ring is 1. The first-order chi connectivity index (χ1) is 13.5. The summed E-state index contributed by atoms with van der Waals surface area (Å²) in [6, 6.07) is 13.7. The lowest BCUT2D eigenvalue weighted by Crippen LogP contribution is -2.28. The Kier molecular flexibility index (Phi) is 5.70. The van der Waals surface area contributed by atoms with Crippen LogP contribution in [0, 0.1) is 30.5 Å². The summed E-state index contributed by atoms with van der Waals surface area (Å²) in [5.41, 5.74) is 9.66. The van der Waals surface area contributed by atoms with Gasteiger partial charge in [-0.3, -0.25) is 4.90 Å². The highest BCUT2D eigenvalue weighted by Crippen LogP contribution is 2.43. The van der Waals surface area contributed by atoms with E-state index in [-0.39, 0.29) is 11.9 Å². The van der Waals surface area contributed by atoms with E-state index < -0.39 is 0 Å². The molecule has 28 heavy (non-hydrogen) atoms. The molecule has 0 radical (unpaired) electrons. The maximum Gasteiger partial charge on any atom is 0.126 e. The minimum atomic E-state index is -0.0739. The smallest absolute Gasteiger partial charge is 0.126 e. The lowest BCUT2D eigenvalue weighted by molar-refractivity contribution is 0.0681. The summed E-state index contributed by atoms with van der Waals surface area (Å²) in [5.74, 6) is 2.15. The number of fused-ring (bicyclic) bond motifs is 1. The van der Waals surface area contributed by atoms with Crippen LogP contribution >= 0.6 is 0 Å². The molecule has 2 N–H and O–H groups in total. The van der Waals surface area contributed by atoms with E-state index in [1.165, 1.54) is 18.4 Å².